The first kappa shape index (κ1) is 23.4. The average Bonchev–Trinajstić information content (AvgIpc) is 2.87. The van der Waals surface area contributed by atoms with E-state index in [1.54, 1.807) is 0 Å². The number of piperidine rings is 1. The highest BCUT2D eigenvalue weighted by Crippen LogP contribution is 2.31. The van der Waals surface area contributed by atoms with Crippen LogP contribution >= 0.6 is 0 Å². The lowest BCUT2D eigenvalue weighted by molar-refractivity contribution is 0.0576. The zero-order valence-electron chi connectivity index (χ0n) is 20.6. The molecule has 0 bridgehead atoms. The van der Waals surface area contributed by atoms with Gasteiger partial charge in [0.25, 0.3) is 5.91 Å². The van der Waals surface area contributed by atoms with Gasteiger partial charge in [-0.2, -0.15) is 0 Å². The van der Waals surface area contributed by atoms with Crippen LogP contribution in [0.2, 0.25) is 0 Å². The number of rotatable bonds is 6. The van der Waals surface area contributed by atoms with Crippen molar-refractivity contribution in [2.45, 2.75) is 51.7 Å². The summed E-state index contributed by atoms with van der Waals surface area (Å²) in [5, 5.41) is 3.74. The lowest BCUT2D eigenvalue weighted by atomic mass is 9.91. The first-order valence-electron chi connectivity index (χ1n) is 12.6. The van der Waals surface area contributed by atoms with Crippen molar-refractivity contribution in [1.29, 1.82) is 0 Å². The molecule has 3 aromatic rings. The highest BCUT2D eigenvalue weighted by molar-refractivity contribution is 5.95. The number of aryl methyl sites for hydroxylation is 2. The summed E-state index contributed by atoms with van der Waals surface area (Å²) < 4.78 is 11.4. The first-order chi connectivity index (χ1) is 17.0. The van der Waals surface area contributed by atoms with E-state index in [1.807, 2.05) is 24.3 Å². The molecule has 5 rings (SSSR count). The molecule has 0 aromatic heterocycles. The summed E-state index contributed by atoms with van der Waals surface area (Å²) in [4.78, 5) is 15.7. The number of likely N-dealkylation sites (tertiary alicyclic amines) is 1. The zero-order valence-corrected chi connectivity index (χ0v) is 20.6. The van der Waals surface area contributed by atoms with Crippen molar-refractivity contribution < 1.29 is 14.3 Å². The van der Waals surface area contributed by atoms with Crippen LogP contribution in [0.4, 0.5) is 0 Å². The van der Waals surface area contributed by atoms with E-state index in [-0.39, 0.29) is 11.9 Å². The first-order valence-corrected chi connectivity index (χ1v) is 12.6. The number of fused-ring (bicyclic) bond motifs is 1. The van der Waals surface area contributed by atoms with Gasteiger partial charge in [0, 0.05) is 30.7 Å². The lowest BCUT2D eigenvalue weighted by Crippen LogP contribution is -2.51. The van der Waals surface area contributed by atoms with Gasteiger partial charge in [-0.1, -0.05) is 53.6 Å². The maximum absolute atomic E-state index is 13.6. The Morgan fingerprint density at radius 1 is 0.914 bits per heavy atom. The Labute approximate surface area is 208 Å². The van der Waals surface area contributed by atoms with Crippen molar-refractivity contribution in [3.8, 4) is 11.5 Å². The quantitative estimate of drug-likeness (QED) is 0.546. The molecular weight excluding hydrogens is 436 g/mol. The van der Waals surface area contributed by atoms with Gasteiger partial charge in [0.2, 0.25) is 0 Å². The lowest BCUT2D eigenvalue weighted by Gasteiger charge is -2.40. The number of ether oxygens (including phenoxy) is 2. The molecule has 0 radical (unpaired) electrons. The topological polar surface area (TPSA) is 50.8 Å². The number of benzene rings is 3. The summed E-state index contributed by atoms with van der Waals surface area (Å²) >= 11 is 0. The van der Waals surface area contributed by atoms with Crippen molar-refractivity contribution in [3.63, 3.8) is 0 Å². The van der Waals surface area contributed by atoms with Crippen molar-refractivity contribution in [2.75, 3.05) is 19.8 Å². The van der Waals surface area contributed by atoms with Gasteiger partial charge in [0.05, 0.1) is 0 Å². The Balaban J connectivity index is 1.29. The average molecular weight is 471 g/mol. The monoisotopic (exact) mass is 470 g/mol. The van der Waals surface area contributed by atoms with Crippen molar-refractivity contribution >= 4 is 5.91 Å². The molecule has 0 unspecified atom stereocenters. The Hall–Kier alpha value is -3.31. The number of nitrogens with zero attached hydrogens (tertiary/aromatic N) is 1. The maximum Gasteiger partial charge on any atom is 0.254 e. The highest BCUT2D eigenvalue weighted by atomic mass is 16.6. The molecule has 2 aliphatic heterocycles. The molecular formula is C30H34N2O3. The van der Waals surface area contributed by atoms with Gasteiger partial charge in [-0.05, 0) is 68.5 Å². The van der Waals surface area contributed by atoms with Crippen LogP contribution in [0, 0.1) is 13.8 Å². The minimum atomic E-state index is 0.142. The van der Waals surface area contributed by atoms with Crippen molar-refractivity contribution in [2.24, 2.45) is 0 Å². The second kappa shape index (κ2) is 10.5. The second-order valence-electron chi connectivity index (χ2n) is 9.80. The van der Waals surface area contributed by atoms with Crippen molar-refractivity contribution in [3.05, 3.63) is 94.5 Å². The predicted octanol–water partition coefficient (Wildman–Crippen LogP) is 5.08. The largest absolute Gasteiger partial charge is 0.486 e. The minimum absolute atomic E-state index is 0.142. The van der Waals surface area contributed by atoms with E-state index in [4.69, 9.17) is 9.47 Å². The molecule has 2 aliphatic rings. The normalized spacial score (nSPS) is 19.4. The SMILES string of the molecule is Cc1cc(C)cc(C(=O)N2CC[C@H](NCc3ccc4c(c3)OCCO4)C[C@H]2Cc2ccccc2)c1. The predicted molar refractivity (Wildman–Crippen MR) is 138 cm³/mol. The summed E-state index contributed by atoms with van der Waals surface area (Å²) in [5.41, 5.74) is 5.50. The fourth-order valence-electron chi connectivity index (χ4n) is 5.31. The molecule has 182 valence electrons. The molecule has 0 saturated carbocycles. The van der Waals surface area contributed by atoms with E-state index in [0.717, 1.165) is 60.5 Å². The third-order valence-electron chi connectivity index (χ3n) is 6.96. The number of nitrogens with one attached hydrogen (secondary N) is 1. The zero-order chi connectivity index (χ0) is 24.2. The van der Waals surface area contributed by atoms with Gasteiger partial charge >= 0.3 is 0 Å². The molecule has 0 spiro atoms. The fraction of sp³-hybridized carbons (Fsp3) is 0.367. The summed E-state index contributed by atoms with van der Waals surface area (Å²) in [6.07, 6.45) is 2.72. The smallest absolute Gasteiger partial charge is 0.254 e. The van der Waals surface area contributed by atoms with E-state index in [0.29, 0.717) is 19.3 Å². The molecule has 2 atom stereocenters. The van der Waals surface area contributed by atoms with Crippen LogP contribution in [0.5, 0.6) is 11.5 Å². The molecule has 35 heavy (non-hydrogen) atoms. The van der Waals surface area contributed by atoms with Gasteiger partial charge in [-0.15, -0.1) is 0 Å². The van der Waals surface area contributed by atoms with Crippen LogP contribution in [-0.2, 0) is 13.0 Å². The molecule has 1 saturated heterocycles. The molecule has 1 N–H and O–H groups in total. The van der Waals surface area contributed by atoms with Crippen LogP contribution in [0.25, 0.3) is 0 Å². The van der Waals surface area contributed by atoms with Crippen LogP contribution in [0.1, 0.15) is 45.5 Å². The van der Waals surface area contributed by atoms with Gasteiger partial charge < -0.3 is 19.7 Å². The number of hydrogen-bond acceptors (Lipinski definition) is 4. The standard InChI is InChI=1S/C30H34N2O3/c1-21-14-22(2)16-25(15-21)30(33)32-11-10-26(19-27(32)17-23-6-4-3-5-7-23)31-20-24-8-9-28-29(18-24)35-13-12-34-28/h3-9,14-16,18,26-27,31H,10-13,17,19-20H2,1-2H3/t26-,27+/m0/s1. The van der Waals surface area contributed by atoms with E-state index < -0.39 is 0 Å². The minimum Gasteiger partial charge on any atom is -0.486 e. The van der Waals surface area contributed by atoms with E-state index in [1.165, 1.54) is 11.1 Å². The summed E-state index contributed by atoms with van der Waals surface area (Å²) in [5.74, 6) is 1.79. The Bertz CT molecular complexity index is 1160. The molecule has 3 aromatic carbocycles. The molecule has 1 fully saturated rings. The Morgan fingerprint density at radius 3 is 2.43 bits per heavy atom. The van der Waals surface area contributed by atoms with Crippen LogP contribution < -0.4 is 14.8 Å². The number of carbonyl (C=O) groups is 1. The Kier molecular flexibility index (Phi) is 7.05. The number of hydrogen-bond donors (Lipinski definition) is 1. The molecule has 1 amide bonds. The Morgan fingerprint density at radius 2 is 1.66 bits per heavy atom. The second-order valence-corrected chi connectivity index (χ2v) is 9.80. The number of amides is 1. The van der Waals surface area contributed by atoms with Gasteiger partial charge in [-0.25, -0.2) is 0 Å². The third kappa shape index (κ3) is 5.68. The molecule has 5 nitrogen and oxygen atoms in total. The highest BCUT2D eigenvalue weighted by Gasteiger charge is 2.32. The van der Waals surface area contributed by atoms with Crippen molar-refractivity contribution in [1.82, 2.24) is 10.2 Å². The molecule has 5 heteroatoms. The number of carbonyl (C=O) groups excluding carboxylic acids is 1. The van der Waals surface area contributed by atoms with Crippen LogP contribution in [0.15, 0.2) is 66.7 Å². The van der Waals surface area contributed by atoms with Gasteiger partial charge in [-0.3, -0.25) is 4.79 Å². The summed E-state index contributed by atoms with van der Waals surface area (Å²) in [6.45, 7) is 6.83. The van der Waals surface area contributed by atoms with Crippen LogP contribution in [0.3, 0.4) is 0 Å². The fourth-order valence-corrected chi connectivity index (χ4v) is 5.31. The van der Waals surface area contributed by atoms with E-state index >= 15 is 0 Å². The van der Waals surface area contributed by atoms with Gasteiger partial charge in [0.1, 0.15) is 13.2 Å². The summed E-state index contributed by atoms with van der Waals surface area (Å²) in [7, 11) is 0. The molecule has 0 aliphatic carbocycles. The van der Waals surface area contributed by atoms with Crippen LogP contribution in [-0.4, -0.2) is 42.6 Å². The maximum atomic E-state index is 13.6. The van der Waals surface area contributed by atoms with E-state index in [2.05, 4.69) is 66.5 Å². The summed E-state index contributed by atoms with van der Waals surface area (Å²) in [6, 6.07) is 23.3. The third-order valence-corrected chi connectivity index (χ3v) is 6.96. The van der Waals surface area contributed by atoms with Gasteiger partial charge in [0.15, 0.2) is 11.5 Å². The molecule has 2 heterocycles. The van der Waals surface area contributed by atoms with E-state index in [9.17, 15) is 4.79 Å².